The molecule has 0 spiro atoms. The van der Waals surface area contributed by atoms with E-state index in [0.717, 1.165) is 18.4 Å². The lowest BCUT2D eigenvalue weighted by atomic mass is 10.1. The maximum atomic E-state index is 12.7. The quantitative estimate of drug-likeness (QED) is 0.705. The number of sulfonamides is 1. The lowest BCUT2D eigenvalue weighted by molar-refractivity contribution is 0.0950. The molecule has 1 aliphatic carbocycles. The number of hydrogen-bond acceptors (Lipinski definition) is 5. The molecule has 0 saturated heterocycles. The number of carbonyl (C=O) groups is 1. The zero-order valence-electron chi connectivity index (χ0n) is 16.1. The summed E-state index contributed by atoms with van der Waals surface area (Å²) >= 11 is 0. The zero-order valence-corrected chi connectivity index (χ0v) is 16.9. The van der Waals surface area contributed by atoms with E-state index in [1.54, 1.807) is 39.3 Å². The topological polar surface area (TPSA) is 93.7 Å². The van der Waals surface area contributed by atoms with Gasteiger partial charge < -0.3 is 14.8 Å². The van der Waals surface area contributed by atoms with Crippen LogP contribution in [0.2, 0.25) is 0 Å². The predicted octanol–water partition coefficient (Wildman–Crippen LogP) is 2.38. The van der Waals surface area contributed by atoms with Gasteiger partial charge in [0.2, 0.25) is 10.0 Å². The second-order valence-corrected chi connectivity index (χ2v) is 8.45. The SMILES string of the molecule is COc1ccc(CNC(=O)c2cc(S(=O)(=O)NC3CC3)ccc2C)c(OC)c1. The molecule has 8 heteroatoms. The molecule has 28 heavy (non-hydrogen) atoms. The molecule has 1 fully saturated rings. The molecule has 0 radical (unpaired) electrons. The fourth-order valence-corrected chi connectivity index (χ4v) is 4.10. The average Bonchev–Trinajstić information content (AvgIpc) is 3.49. The molecule has 2 aromatic rings. The van der Waals surface area contributed by atoms with Gasteiger partial charge in [0.05, 0.1) is 19.1 Å². The molecular formula is C20H24N2O5S. The van der Waals surface area contributed by atoms with Gasteiger partial charge in [0.1, 0.15) is 11.5 Å². The van der Waals surface area contributed by atoms with Crippen molar-refractivity contribution < 1.29 is 22.7 Å². The normalized spacial score (nSPS) is 13.8. The van der Waals surface area contributed by atoms with E-state index in [-0.39, 0.29) is 23.4 Å². The number of hydrogen-bond donors (Lipinski definition) is 2. The second-order valence-electron chi connectivity index (χ2n) is 6.73. The van der Waals surface area contributed by atoms with Crippen LogP contribution >= 0.6 is 0 Å². The zero-order chi connectivity index (χ0) is 20.3. The van der Waals surface area contributed by atoms with Crippen LogP contribution in [-0.2, 0) is 16.6 Å². The smallest absolute Gasteiger partial charge is 0.251 e. The Bertz CT molecular complexity index is 984. The number of carbonyl (C=O) groups excluding carboxylic acids is 1. The van der Waals surface area contributed by atoms with Crippen molar-refractivity contribution in [1.29, 1.82) is 0 Å². The Morgan fingerprint density at radius 1 is 1.11 bits per heavy atom. The number of amides is 1. The van der Waals surface area contributed by atoms with Gasteiger partial charge in [-0.2, -0.15) is 0 Å². The van der Waals surface area contributed by atoms with Gasteiger partial charge in [-0.05, 0) is 49.6 Å². The van der Waals surface area contributed by atoms with E-state index in [1.165, 1.54) is 12.1 Å². The number of ether oxygens (including phenoxy) is 2. The lowest BCUT2D eigenvalue weighted by Gasteiger charge is -2.13. The third-order valence-electron chi connectivity index (χ3n) is 4.60. The highest BCUT2D eigenvalue weighted by Gasteiger charge is 2.28. The molecule has 1 amide bonds. The predicted molar refractivity (Wildman–Crippen MR) is 105 cm³/mol. The fourth-order valence-electron chi connectivity index (χ4n) is 2.77. The lowest BCUT2D eigenvalue weighted by Crippen LogP contribution is -2.27. The molecule has 2 N–H and O–H groups in total. The third-order valence-corrected chi connectivity index (χ3v) is 6.11. The van der Waals surface area contributed by atoms with E-state index in [4.69, 9.17) is 9.47 Å². The van der Waals surface area contributed by atoms with Crippen LogP contribution in [-0.4, -0.2) is 34.6 Å². The number of benzene rings is 2. The van der Waals surface area contributed by atoms with Gasteiger partial charge >= 0.3 is 0 Å². The molecule has 3 rings (SSSR count). The van der Waals surface area contributed by atoms with Crippen molar-refractivity contribution in [3.63, 3.8) is 0 Å². The van der Waals surface area contributed by atoms with Crippen LogP contribution in [0.5, 0.6) is 11.5 Å². The largest absolute Gasteiger partial charge is 0.497 e. The van der Waals surface area contributed by atoms with Gasteiger partial charge in [-0.1, -0.05) is 6.07 Å². The number of rotatable bonds is 8. The van der Waals surface area contributed by atoms with Crippen molar-refractivity contribution in [2.75, 3.05) is 14.2 Å². The summed E-state index contributed by atoms with van der Waals surface area (Å²) in [4.78, 5) is 12.8. The Morgan fingerprint density at radius 2 is 1.86 bits per heavy atom. The number of methoxy groups -OCH3 is 2. The molecule has 0 heterocycles. The van der Waals surface area contributed by atoms with Crippen LogP contribution in [0.15, 0.2) is 41.3 Å². The summed E-state index contributed by atoms with van der Waals surface area (Å²) in [6, 6.07) is 9.92. The molecule has 1 aliphatic rings. The van der Waals surface area contributed by atoms with Crippen molar-refractivity contribution >= 4 is 15.9 Å². The highest BCUT2D eigenvalue weighted by atomic mass is 32.2. The molecular weight excluding hydrogens is 380 g/mol. The maximum absolute atomic E-state index is 12.7. The standard InChI is InChI=1S/C20H24N2O5S/c1-13-4-9-17(28(24,25)22-15-6-7-15)11-18(13)20(23)21-12-14-5-8-16(26-2)10-19(14)27-3/h4-5,8-11,15,22H,6-7,12H2,1-3H3,(H,21,23). The highest BCUT2D eigenvalue weighted by Crippen LogP contribution is 2.25. The van der Waals surface area contributed by atoms with Gasteiger partial charge in [-0.25, -0.2) is 13.1 Å². The van der Waals surface area contributed by atoms with Crippen molar-refractivity contribution in [2.24, 2.45) is 0 Å². The van der Waals surface area contributed by atoms with E-state index in [9.17, 15) is 13.2 Å². The summed E-state index contributed by atoms with van der Waals surface area (Å²) in [6.07, 6.45) is 1.70. The summed E-state index contributed by atoms with van der Waals surface area (Å²) in [5, 5.41) is 2.83. The van der Waals surface area contributed by atoms with Crippen molar-refractivity contribution in [3.8, 4) is 11.5 Å². The molecule has 150 valence electrons. The summed E-state index contributed by atoms with van der Waals surface area (Å²) in [5.41, 5.74) is 1.81. The minimum Gasteiger partial charge on any atom is -0.497 e. The Morgan fingerprint density at radius 3 is 2.50 bits per heavy atom. The van der Waals surface area contributed by atoms with E-state index in [0.29, 0.717) is 22.6 Å². The average molecular weight is 404 g/mol. The van der Waals surface area contributed by atoms with E-state index < -0.39 is 10.0 Å². The first-order valence-corrected chi connectivity index (χ1v) is 10.4. The van der Waals surface area contributed by atoms with Crippen LogP contribution in [0.4, 0.5) is 0 Å². The Kier molecular flexibility index (Phi) is 5.90. The Balaban J connectivity index is 1.76. The van der Waals surface area contributed by atoms with Crippen LogP contribution in [0.3, 0.4) is 0 Å². The van der Waals surface area contributed by atoms with Gasteiger partial charge in [0.25, 0.3) is 5.91 Å². The minimum absolute atomic E-state index is 0.00566. The molecule has 0 bridgehead atoms. The summed E-state index contributed by atoms with van der Waals surface area (Å²) < 4.78 is 38.0. The molecule has 1 saturated carbocycles. The van der Waals surface area contributed by atoms with Crippen molar-refractivity contribution in [2.45, 2.75) is 37.2 Å². The Hall–Kier alpha value is -2.58. The van der Waals surface area contributed by atoms with Crippen LogP contribution in [0, 0.1) is 6.92 Å². The molecule has 7 nitrogen and oxygen atoms in total. The summed E-state index contributed by atoms with van der Waals surface area (Å²) in [7, 11) is -0.505. The Labute approximate surface area is 165 Å². The first kappa shape index (κ1) is 20.2. The van der Waals surface area contributed by atoms with Crippen LogP contribution in [0.25, 0.3) is 0 Å². The molecule has 0 atom stereocenters. The molecule has 0 aliphatic heterocycles. The van der Waals surface area contributed by atoms with E-state index in [1.807, 2.05) is 6.07 Å². The van der Waals surface area contributed by atoms with Gasteiger partial charge in [-0.3, -0.25) is 4.79 Å². The number of aryl methyl sites for hydroxylation is 1. The molecule has 2 aromatic carbocycles. The second kappa shape index (κ2) is 8.20. The molecule has 0 aromatic heterocycles. The van der Waals surface area contributed by atoms with Crippen molar-refractivity contribution in [1.82, 2.24) is 10.0 Å². The highest BCUT2D eigenvalue weighted by molar-refractivity contribution is 7.89. The van der Waals surface area contributed by atoms with Gasteiger partial charge in [0, 0.05) is 29.8 Å². The van der Waals surface area contributed by atoms with Gasteiger partial charge in [0.15, 0.2) is 0 Å². The summed E-state index contributed by atoms with van der Waals surface area (Å²) in [6.45, 7) is 2.01. The first-order valence-electron chi connectivity index (χ1n) is 8.96. The minimum atomic E-state index is -3.62. The monoisotopic (exact) mass is 404 g/mol. The number of nitrogens with one attached hydrogen (secondary N) is 2. The first-order chi connectivity index (χ1) is 13.3. The van der Waals surface area contributed by atoms with Crippen LogP contribution in [0.1, 0.15) is 34.3 Å². The summed E-state index contributed by atoms with van der Waals surface area (Å²) in [5.74, 6) is 0.906. The van der Waals surface area contributed by atoms with Gasteiger partial charge in [-0.15, -0.1) is 0 Å². The maximum Gasteiger partial charge on any atom is 0.251 e. The van der Waals surface area contributed by atoms with Crippen molar-refractivity contribution in [3.05, 3.63) is 53.1 Å². The molecule has 0 unspecified atom stereocenters. The third kappa shape index (κ3) is 4.63. The fraction of sp³-hybridized carbons (Fsp3) is 0.350. The van der Waals surface area contributed by atoms with E-state index in [2.05, 4.69) is 10.0 Å². The van der Waals surface area contributed by atoms with E-state index >= 15 is 0 Å². The van der Waals surface area contributed by atoms with Crippen LogP contribution < -0.4 is 19.5 Å².